The minimum Gasteiger partial charge on any atom is -0.457 e. The Morgan fingerprint density at radius 3 is 2.63 bits per heavy atom. The molecule has 0 spiro atoms. The predicted octanol–water partition coefficient (Wildman–Crippen LogP) is 3.29. The molecule has 2 aliphatic rings. The standard InChI is InChI=1S/C22H21N3O2/c26-20-18-14-23-12-9-19(18)24-21(25-20)22(10-11-22)15-5-4-8-17(13-15)27-16-6-2-1-3-7-16/h1-8,13,23H,9-12,14H2,(H,24,25,26). The van der Waals surface area contributed by atoms with E-state index in [1.807, 2.05) is 42.5 Å². The van der Waals surface area contributed by atoms with E-state index in [9.17, 15) is 4.79 Å². The van der Waals surface area contributed by atoms with Crippen LogP contribution in [0.1, 0.15) is 35.5 Å². The number of para-hydroxylation sites is 1. The van der Waals surface area contributed by atoms with Crippen LogP contribution in [0.3, 0.4) is 0 Å². The van der Waals surface area contributed by atoms with E-state index in [1.54, 1.807) is 0 Å². The van der Waals surface area contributed by atoms with Gasteiger partial charge in [0.2, 0.25) is 0 Å². The van der Waals surface area contributed by atoms with Gasteiger partial charge in [-0.05, 0) is 42.7 Å². The Bertz CT molecular complexity index is 1040. The molecule has 5 heteroatoms. The molecule has 0 amide bonds. The second kappa shape index (κ2) is 6.35. The molecule has 0 unspecified atom stereocenters. The Hall–Kier alpha value is -2.92. The molecule has 136 valence electrons. The summed E-state index contributed by atoms with van der Waals surface area (Å²) in [4.78, 5) is 20.5. The number of hydrogen-bond acceptors (Lipinski definition) is 4. The van der Waals surface area contributed by atoms with Crippen molar-refractivity contribution >= 4 is 0 Å². The van der Waals surface area contributed by atoms with Gasteiger partial charge >= 0.3 is 0 Å². The third kappa shape index (κ3) is 2.94. The summed E-state index contributed by atoms with van der Waals surface area (Å²) in [7, 11) is 0. The number of benzene rings is 2. The molecule has 2 aromatic carbocycles. The van der Waals surface area contributed by atoms with Crippen LogP contribution in [0.5, 0.6) is 11.5 Å². The third-order valence-electron chi connectivity index (χ3n) is 5.51. The molecule has 1 saturated carbocycles. The SMILES string of the molecule is O=c1[nH]c(C2(c3cccc(Oc4ccccc4)c3)CC2)nc2c1CNCC2. The second-order valence-electron chi connectivity index (χ2n) is 7.29. The first kappa shape index (κ1) is 16.3. The summed E-state index contributed by atoms with van der Waals surface area (Å²) >= 11 is 0. The van der Waals surface area contributed by atoms with E-state index in [0.29, 0.717) is 6.54 Å². The highest BCUT2D eigenvalue weighted by Crippen LogP contribution is 2.52. The minimum atomic E-state index is -0.199. The first-order valence-electron chi connectivity index (χ1n) is 9.41. The van der Waals surface area contributed by atoms with Crippen LogP contribution in [0.15, 0.2) is 59.4 Å². The van der Waals surface area contributed by atoms with Crippen LogP contribution >= 0.6 is 0 Å². The van der Waals surface area contributed by atoms with Crippen LogP contribution in [-0.4, -0.2) is 16.5 Å². The summed E-state index contributed by atoms with van der Waals surface area (Å²) in [6.07, 6.45) is 2.78. The van der Waals surface area contributed by atoms with Crippen molar-refractivity contribution in [2.45, 2.75) is 31.2 Å². The molecular weight excluding hydrogens is 338 g/mol. The Labute approximate surface area is 157 Å². The third-order valence-corrected chi connectivity index (χ3v) is 5.51. The number of ether oxygens (including phenoxy) is 1. The van der Waals surface area contributed by atoms with E-state index in [0.717, 1.165) is 60.0 Å². The van der Waals surface area contributed by atoms with Gasteiger partial charge in [-0.25, -0.2) is 4.98 Å². The monoisotopic (exact) mass is 359 g/mol. The van der Waals surface area contributed by atoms with Gasteiger partial charge in [-0.3, -0.25) is 4.79 Å². The Morgan fingerprint density at radius 1 is 1.00 bits per heavy atom. The van der Waals surface area contributed by atoms with Gasteiger partial charge in [0.05, 0.1) is 16.7 Å². The fraction of sp³-hybridized carbons (Fsp3) is 0.273. The molecule has 0 atom stereocenters. The molecule has 5 nitrogen and oxygen atoms in total. The van der Waals surface area contributed by atoms with E-state index in [-0.39, 0.29) is 11.0 Å². The van der Waals surface area contributed by atoms with Crippen LogP contribution < -0.4 is 15.6 Å². The molecule has 3 aromatic rings. The Morgan fingerprint density at radius 2 is 1.81 bits per heavy atom. The van der Waals surface area contributed by atoms with Crippen LogP contribution in [-0.2, 0) is 18.4 Å². The number of rotatable bonds is 4. The molecular formula is C22H21N3O2. The van der Waals surface area contributed by atoms with Crippen LogP contribution in [0.4, 0.5) is 0 Å². The topological polar surface area (TPSA) is 67.0 Å². The lowest BCUT2D eigenvalue weighted by molar-refractivity contribution is 0.481. The normalized spacial score (nSPS) is 17.2. The van der Waals surface area contributed by atoms with Gasteiger partial charge in [-0.1, -0.05) is 30.3 Å². The van der Waals surface area contributed by atoms with Crippen molar-refractivity contribution in [1.82, 2.24) is 15.3 Å². The zero-order chi connectivity index (χ0) is 18.3. The number of aromatic amines is 1. The van der Waals surface area contributed by atoms with Crippen molar-refractivity contribution in [2.75, 3.05) is 6.54 Å². The van der Waals surface area contributed by atoms with Crippen molar-refractivity contribution < 1.29 is 4.74 Å². The molecule has 27 heavy (non-hydrogen) atoms. The summed E-state index contributed by atoms with van der Waals surface area (Å²) in [6.45, 7) is 1.47. The Balaban J connectivity index is 1.50. The maximum absolute atomic E-state index is 12.5. The highest BCUT2D eigenvalue weighted by molar-refractivity contribution is 5.44. The van der Waals surface area contributed by atoms with Gasteiger partial charge in [0.25, 0.3) is 5.56 Å². The lowest BCUT2D eigenvalue weighted by Gasteiger charge is -2.20. The number of aromatic nitrogens is 2. The number of nitrogens with one attached hydrogen (secondary N) is 2. The van der Waals surface area contributed by atoms with Crippen LogP contribution in [0.25, 0.3) is 0 Å². The lowest BCUT2D eigenvalue weighted by atomic mass is 9.94. The highest BCUT2D eigenvalue weighted by atomic mass is 16.5. The quantitative estimate of drug-likeness (QED) is 0.750. The van der Waals surface area contributed by atoms with E-state index in [4.69, 9.17) is 9.72 Å². The number of hydrogen-bond donors (Lipinski definition) is 2. The first-order valence-corrected chi connectivity index (χ1v) is 9.41. The average Bonchev–Trinajstić information content (AvgIpc) is 3.51. The van der Waals surface area contributed by atoms with E-state index >= 15 is 0 Å². The van der Waals surface area contributed by atoms with E-state index < -0.39 is 0 Å². The van der Waals surface area contributed by atoms with E-state index in [2.05, 4.69) is 22.4 Å². The number of fused-ring (bicyclic) bond motifs is 1. The van der Waals surface area contributed by atoms with Gasteiger partial charge in [0, 0.05) is 19.5 Å². The summed E-state index contributed by atoms with van der Waals surface area (Å²) in [5, 5.41) is 3.24. The fourth-order valence-electron chi connectivity index (χ4n) is 3.85. The van der Waals surface area contributed by atoms with Crippen LogP contribution in [0.2, 0.25) is 0 Å². The average molecular weight is 359 g/mol. The van der Waals surface area contributed by atoms with Crippen molar-refractivity contribution in [2.24, 2.45) is 0 Å². The molecule has 2 heterocycles. The minimum absolute atomic E-state index is 0.00911. The zero-order valence-corrected chi connectivity index (χ0v) is 15.0. The summed E-state index contributed by atoms with van der Waals surface area (Å²) in [6, 6.07) is 17.9. The molecule has 0 bridgehead atoms. The zero-order valence-electron chi connectivity index (χ0n) is 15.0. The highest BCUT2D eigenvalue weighted by Gasteiger charge is 2.48. The lowest BCUT2D eigenvalue weighted by Crippen LogP contribution is -2.33. The smallest absolute Gasteiger partial charge is 0.255 e. The van der Waals surface area contributed by atoms with Crippen molar-refractivity contribution in [3.05, 3.63) is 87.6 Å². The maximum Gasteiger partial charge on any atom is 0.255 e. The van der Waals surface area contributed by atoms with Crippen molar-refractivity contribution in [3.8, 4) is 11.5 Å². The summed E-state index contributed by atoms with van der Waals surface area (Å²) in [5.41, 5.74) is 2.66. The maximum atomic E-state index is 12.5. The van der Waals surface area contributed by atoms with Gasteiger partial charge in [0.1, 0.15) is 17.3 Å². The molecule has 0 radical (unpaired) electrons. The van der Waals surface area contributed by atoms with Crippen molar-refractivity contribution in [1.29, 1.82) is 0 Å². The molecule has 1 aromatic heterocycles. The molecule has 1 fully saturated rings. The Kier molecular flexibility index (Phi) is 3.83. The van der Waals surface area contributed by atoms with Gasteiger partial charge in [-0.15, -0.1) is 0 Å². The van der Waals surface area contributed by atoms with Gasteiger partial charge in [0.15, 0.2) is 0 Å². The molecule has 1 aliphatic heterocycles. The first-order chi connectivity index (χ1) is 13.2. The van der Waals surface area contributed by atoms with Crippen molar-refractivity contribution in [3.63, 3.8) is 0 Å². The molecule has 0 saturated heterocycles. The predicted molar refractivity (Wildman–Crippen MR) is 103 cm³/mol. The summed E-state index contributed by atoms with van der Waals surface area (Å²) in [5.74, 6) is 2.41. The molecule has 5 rings (SSSR count). The fourth-order valence-corrected chi connectivity index (χ4v) is 3.85. The largest absolute Gasteiger partial charge is 0.457 e. The summed E-state index contributed by atoms with van der Waals surface area (Å²) < 4.78 is 5.99. The second-order valence-corrected chi connectivity index (χ2v) is 7.29. The van der Waals surface area contributed by atoms with E-state index in [1.165, 1.54) is 0 Å². The van der Waals surface area contributed by atoms with Gasteiger partial charge in [-0.2, -0.15) is 0 Å². The molecule has 2 N–H and O–H groups in total. The van der Waals surface area contributed by atoms with Gasteiger partial charge < -0.3 is 15.0 Å². The number of H-pyrrole nitrogens is 1. The van der Waals surface area contributed by atoms with Crippen LogP contribution in [0, 0.1) is 0 Å². The number of nitrogens with zero attached hydrogens (tertiary/aromatic N) is 1. The molecule has 1 aliphatic carbocycles.